The summed E-state index contributed by atoms with van der Waals surface area (Å²) < 4.78 is 24.3. The van der Waals surface area contributed by atoms with Gasteiger partial charge >= 0.3 is 0 Å². The molecule has 1 amide bonds. The maximum Gasteiger partial charge on any atom is 0.244 e. The first-order valence-corrected chi connectivity index (χ1v) is 7.75. The van der Waals surface area contributed by atoms with Gasteiger partial charge in [-0.1, -0.05) is 30.3 Å². The third-order valence-corrected chi connectivity index (χ3v) is 3.67. The Hall–Kier alpha value is -2.66. The molecule has 1 heterocycles. The van der Waals surface area contributed by atoms with Crippen molar-refractivity contribution in [1.82, 2.24) is 5.32 Å². The SMILES string of the molecule is O=C(/C=C/c1ccccc1)NCCc1cc(F)cc2c1OCOC2. The van der Waals surface area contributed by atoms with Crippen molar-refractivity contribution in [1.29, 1.82) is 0 Å². The molecule has 1 aliphatic rings. The molecular weight excluding hydrogens is 309 g/mol. The van der Waals surface area contributed by atoms with Crippen LogP contribution in [-0.4, -0.2) is 19.2 Å². The Bertz CT molecular complexity index is 744. The van der Waals surface area contributed by atoms with Crippen LogP contribution >= 0.6 is 0 Å². The summed E-state index contributed by atoms with van der Waals surface area (Å²) in [5.74, 6) is 0.151. The van der Waals surface area contributed by atoms with Crippen molar-refractivity contribution < 1.29 is 18.7 Å². The Labute approximate surface area is 139 Å². The fourth-order valence-electron chi connectivity index (χ4n) is 2.56. The molecule has 0 saturated heterocycles. The van der Waals surface area contributed by atoms with E-state index in [9.17, 15) is 9.18 Å². The third-order valence-electron chi connectivity index (χ3n) is 3.67. The number of ether oxygens (including phenoxy) is 2. The monoisotopic (exact) mass is 327 g/mol. The molecule has 5 heteroatoms. The van der Waals surface area contributed by atoms with Crippen molar-refractivity contribution in [3.8, 4) is 5.75 Å². The summed E-state index contributed by atoms with van der Waals surface area (Å²) in [4.78, 5) is 11.8. The maximum atomic E-state index is 13.6. The van der Waals surface area contributed by atoms with E-state index in [2.05, 4.69) is 5.32 Å². The minimum Gasteiger partial charge on any atom is -0.467 e. The van der Waals surface area contributed by atoms with Crippen LogP contribution in [0.2, 0.25) is 0 Å². The van der Waals surface area contributed by atoms with E-state index in [1.165, 1.54) is 18.2 Å². The van der Waals surface area contributed by atoms with Crippen LogP contribution < -0.4 is 10.1 Å². The molecule has 24 heavy (non-hydrogen) atoms. The van der Waals surface area contributed by atoms with Crippen molar-refractivity contribution in [2.24, 2.45) is 0 Å². The van der Waals surface area contributed by atoms with Gasteiger partial charge in [-0.25, -0.2) is 4.39 Å². The van der Waals surface area contributed by atoms with Crippen LogP contribution in [0, 0.1) is 5.82 Å². The molecule has 2 aromatic rings. The minimum absolute atomic E-state index is 0.164. The van der Waals surface area contributed by atoms with Crippen LogP contribution in [-0.2, 0) is 22.6 Å². The van der Waals surface area contributed by atoms with Crippen molar-refractivity contribution in [2.75, 3.05) is 13.3 Å². The Balaban J connectivity index is 1.56. The summed E-state index contributed by atoms with van der Waals surface area (Å²) in [5.41, 5.74) is 2.40. The minimum atomic E-state index is -0.326. The lowest BCUT2D eigenvalue weighted by molar-refractivity contribution is -0.116. The van der Waals surface area contributed by atoms with E-state index in [1.807, 2.05) is 30.3 Å². The summed E-state index contributed by atoms with van der Waals surface area (Å²) in [6.07, 6.45) is 3.73. The smallest absolute Gasteiger partial charge is 0.244 e. The van der Waals surface area contributed by atoms with Crippen molar-refractivity contribution in [2.45, 2.75) is 13.0 Å². The van der Waals surface area contributed by atoms with E-state index in [1.54, 1.807) is 6.08 Å². The molecule has 0 spiro atoms. The van der Waals surface area contributed by atoms with Gasteiger partial charge in [0, 0.05) is 18.2 Å². The zero-order chi connectivity index (χ0) is 16.8. The highest BCUT2D eigenvalue weighted by Crippen LogP contribution is 2.29. The standard InChI is InChI=1S/C19H18FNO3/c20-17-10-15(19-16(11-17)12-23-13-24-19)8-9-21-18(22)7-6-14-4-2-1-3-5-14/h1-7,10-11H,8-9,12-13H2,(H,21,22)/b7-6+. The van der Waals surface area contributed by atoms with Crippen LogP contribution in [0.25, 0.3) is 6.08 Å². The number of nitrogens with one attached hydrogen (secondary N) is 1. The number of amides is 1. The van der Waals surface area contributed by atoms with E-state index < -0.39 is 0 Å². The first kappa shape index (κ1) is 16.2. The Morgan fingerprint density at radius 1 is 1.25 bits per heavy atom. The maximum absolute atomic E-state index is 13.6. The van der Waals surface area contributed by atoms with Gasteiger partial charge < -0.3 is 14.8 Å². The van der Waals surface area contributed by atoms with Crippen molar-refractivity contribution in [3.05, 3.63) is 71.0 Å². The highest BCUT2D eigenvalue weighted by molar-refractivity contribution is 5.91. The number of carbonyl (C=O) groups excluding carboxylic acids is 1. The molecule has 0 aliphatic carbocycles. The van der Waals surface area contributed by atoms with Crippen LogP contribution in [0.15, 0.2) is 48.5 Å². The molecule has 0 saturated carbocycles. The van der Waals surface area contributed by atoms with Crippen LogP contribution in [0.4, 0.5) is 4.39 Å². The molecule has 1 aliphatic heterocycles. The second-order valence-corrected chi connectivity index (χ2v) is 5.45. The van der Waals surface area contributed by atoms with Gasteiger partial charge in [0.05, 0.1) is 6.61 Å². The van der Waals surface area contributed by atoms with Gasteiger partial charge in [0.1, 0.15) is 11.6 Å². The van der Waals surface area contributed by atoms with E-state index in [4.69, 9.17) is 9.47 Å². The van der Waals surface area contributed by atoms with Gasteiger partial charge in [0.25, 0.3) is 0 Å². The Morgan fingerprint density at radius 2 is 2.08 bits per heavy atom. The molecule has 4 nitrogen and oxygen atoms in total. The van der Waals surface area contributed by atoms with Crippen LogP contribution in [0.1, 0.15) is 16.7 Å². The average Bonchev–Trinajstić information content (AvgIpc) is 2.60. The van der Waals surface area contributed by atoms with E-state index in [-0.39, 0.29) is 18.5 Å². The number of rotatable bonds is 5. The van der Waals surface area contributed by atoms with Crippen molar-refractivity contribution in [3.63, 3.8) is 0 Å². The fourth-order valence-corrected chi connectivity index (χ4v) is 2.56. The predicted octanol–water partition coefficient (Wildman–Crippen LogP) is 3.06. The second kappa shape index (κ2) is 7.75. The normalized spacial score (nSPS) is 13.4. The molecular formula is C19H18FNO3. The molecule has 0 aromatic heterocycles. The van der Waals surface area contributed by atoms with Crippen molar-refractivity contribution >= 4 is 12.0 Å². The summed E-state index contributed by atoms with van der Waals surface area (Å²) in [5, 5.41) is 2.79. The molecule has 0 atom stereocenters. The van der Waals surface area contributed by atoms with Gasteiger partial charge in [-0.15, -0.1) is 0 Å². The number of fused-ring (bicyclic) bond motifs is 1. The van der Waals surface area contributed by atoms with E-state index in [0.29, 0.717) is 30.9 Å². The van der Waals surface area contributed by atoms with Crippen LogP contribution in [0.5, 0.6) is 5.75 Å². The Morgan fingerprint density at radius 3 is 2.92 bits per heavy atom. The topological polar surface area (TPSA) is 47.6 Å². The lowest BCUT2D eigenvalue weighted by atomic mass is 10.1. The number of benzene rings is 2. The molecule has 0 radical (unpaired) electrons. The summed E-state index contributed by atoms with van der Waals surface area (Å²) >= 11 is 0. The predicted molar refractivity (Wildman–Crippen MR) is 88.9 cm³/mol. The molecule has 1 N–H and O–H groups in total. The molecule has 2 aromatic carbocycles. The van der Waals surface area contributed by atoms with Gasteiger partial charge in [0.15, 0.2) is 6.79 Å². The Kier molecular flexibility index (Phi) is 5.23. The average molecular weight is 327 g/mol. The first-order valence-electron chi connectivity index (χ1n) is 7.75. The fraction of sp³-hybridized carbons (Fsp3) is 0.211. The zero-order valence-electron chi connectivity index (χ0n) is 13.1. The van der Waals surface area contributed by atoms with E-state index in [0.717, 1.165) is 11.1 Å². The molecule has 0 unspecified atom stereocenters. The number of hydrogen-bond acceptors (Lipinski definition) is 3. The molecule has 3 rings (SSSR count). The highest BCUT2D eigenvalue weighted by atomic mass is 19.1. The molecule has 0 bridgehead atoms. The van der Waals surface area contributed by atoms with Gasteiger partial charge in [-0.3, -0.25) is 4.79 Å². The third kappa shape index (κ3) is 4.20. The lowest BCUT2D eigenvalue weighted by Crippen LogP contribution is -2.24. The van der Waals surface area contributed by atoms with E-state index >= 15 is 0 Å². The second-order valence-electron chi connectivity index (χ2n) is 5.45. The van der Waals surface area contributed by atoms with Gasteiger partial charge in [-0.2, -0.15) is 0 Å². The van der Waals surface area contributed by atoms with Gasteiger partial charge in [0.2, 0.25) is 5.91 Å². The number of carbonyl (C=O) groups is 1. The summed E-state index contributed by atoms with van der Waals surface area (Å²) in [7, 11) is 0. The molecule has 124 valence electrons. The number of hydrogen-bond donors (Lipinski definition) is 1. The highest BCUT2D eigenvalue weighted by Gasteiger charge is 2.16. The largest absolute Gasteiger partial charge is 0.467 e. The zero-order valence-corrected chi connectivity index (χ0v) is 13.1. The quantitative estimate of drug-likeness (QED) is 0.859. The van der Waals surface area contributed by atoms with Gasteiger partial charge in [-0.05, 0) is 35.8 Å². The molecule has 0 fully saturated rings. The first-order chi connectivity index (χ1) is 11.7. The summed E-state index contributed by atoms with van der Waals surface area (Å²) in [6.45, 7) is 0.905. The lowest BCUT2D eigenvalue weighted by Gasteiger charge is -2.20. The van der Waals surface area contributed by atoms with Crippen LogP contribution in [0.3, 0.4) is 0 Å². The summed E-state index contributed by atoms with van der Waals surface area (Å²) in [6, 6.07) is 12.4. The number of halogens is 1.